The third kappa shape index (κ3) is 2.93. The minimum atomic E-state index is -0.793. The molecule has 1 heterocycles. The number of carboxylic acids is 1. The lowest BCUT2D eigenvalue weighted by atomic mass is 9.73. The van der Waals surface area contributed by atoms with Crippen LogP contribution in [0.2, 0.25) is 0 Å². The Morgan fingerprint density at radius 3 is 2.59 bits per heavy atom. The fourth-order valence-electron chi connectivity index (χ4n) is 3.67. The largest absolute Gasteiger partial charge is 0.481 e. The van der Waals surface area contributed by atoms with E-state index < -0.39 is 5.97 Å². The first-order valence-electron chi connectivity index (χ1n) is 7.79. The topological polar surface area (TPSA) is 66.8 Å². The van der Waals surface area contributed by atoms with E-state index in [1.807, 2.05) is 30.3 Å². The van der Waals surface area contributed by atoms with Crippen molar-refractivity contribution in [3.8, 4) is 0 Å². The molecular formula is C17H21NO4. The Hall–Kier alpha value is -2.04. The van der Waals surface area contributed by atoms with E-state index in [2.05, 4.69) is 0 Å². The SMILES string of the molecule is O=C(O)CC1CN(C(=O)OCc2ccccc2)C2(CCC2)C1. The maximum atomic E-state index is 12.4. The number of hydrogen-bond donors (Lipinski definition) is 1. The van der Waals surface area contributed by atoms with Crippen LogP contribution in [0.4, 0.5) is 4.79 Å². The summed E-state index contributed by atoms with van der Waals surface area (Å²) in [4.78, 5) is 25.1. The molecule has 1 spiro atoms. The van der Waals surface area contributed by atoms with E-state index in [-0.39, 0.29) is 30.6 Å². The lowest BCUT2D eigenvalue weighted by Crippen LogP contribution is -2.52. The van der Waals surface area contributed by atoms with Crippen LogP contribution in [-0.4, -0.2) is 34.2 Å². The van der Waals surface area contributed by atoms with Crippen molar-refractivity contribution in [3.63, 3.8) is 0 Å². The number of ether oxygens (including phenoxy) is 1. The molecule has 1 saturated heterocycles. The molecule has 1 unspecified atom stereocenters. The summed E-state index contributed by atoms with van der Waals surface area (Å²) in [5.74, 6) is -0.749. The van der Waals surface area contributed by atoms with E-state index in [0.29, 0.717) is 6.54 Å². The molecule has 5 heteroatoms. The average molecular weight is 303 g/mol. The van der Waals surface area contributed by atoms with Gasteiger partial charge in [0, 0.05) is 18.5 Å². The number of hydrogen-bond acceptors (Lipinski definition) is 3. The van der Waals surface area contributed by atoms with Crippen molar-refractivity contribution in [2.45, 2.75) is 44.2 Å². The average Bonchev–Trinajstić information content (AvgIpc) is 2.85. The molecule has 0 bridgehead atoms. The van der Waals surface area contributed by atoms with Crippen LogP contribution >= 0.6 is 0 Å². The van der Waals surface area contributed by atoms with Crippen molar-refractivity contribution >= 4 is 12.1 Å². The number of aliphatic carboxylic acids is 1. The van der Waals surface area contributed by atoms with Gasteiger partial charge in [0.15, 0.2) is 0 Å². The monoisotopic (exact) mass is 303 g/mol. The molecule has 1 amide bonds. The molecule has 1 aliphatic carbocycles. The molecule has 2 fully saturated rings. The van der Waals surface area contributed by atoms with Crippen molar-refractivity contribution < 1.29 is 19.4 Å². The third-order valence-electron chi connectivity index (χ3n) is 4.86. The van der Waals surface area contributed by atoms with Crippen LogP contribution in [0.3, 0.4) is 0 Å². The number of carbonyl (C=O) groups excluding carboxylic acids is 1. The van der Waals surface area contributed by atoms with Gasteiger partial charge >= 0.3 is 12.1 Å². The number of nitrogens with zero attached hydrogens (tertiary/aromatic N) is 1. The molecule has 1 saturated carbocycles. The van der Waals surface area contributed by atoms with Gasteiger partial charge in [-0.15, -0.1) is 0 Å². The molecule has 1 aromatic rings. The Kier molecular flexibility index (Phi) is 4.05. The van der Waals surface area contributed by atoms with Gasteiger partial charge in [-0.2, -0.15) is 0 Å². The van der Waals surface area contributed by atoms with Gasteiger partial charge in [-0.25, -0.2) is 4.79 Å². The minimum absolute atomic E-state index is 0.0436. The fraction of sp³-hybridized carbons (Fsp3) is 0.529. The Balaban J connectivity index is 1.62. The minimum Gasteiger partial charge on any atom is -0.481 e. The summed E-state index contributed by atoms with van der Waals surface area (Å²) in [5.41, 5.74) is 0.813. The first kappa shape index (κ1) is 14.9. The Morgan fingerprint density at radius 2 is 2.00 bits per heavy atom. The summed E-state index contributed by atoms with van der Waals surface area (Å²) in [6, 6.07) is 9.59. The molecule has 118 valence electrons. The summed E-state index contributed by atoms with van der Waals surface area (Å²) in [6.07, 6.45) is 3.63. The smallest absolute Gasteiger partial charge is 0.410 e. The van der Waals surface area contributed by atoms with Crippen LogP contribution in [-0.2, 0) is 16.1 Å². The predicted molar refractivity (Wildman–Crippen MR) is 80.3 cm³/mol. The van der Waals surface area contributed by atoms with E-state index in [9.17, 15) is 9.59 Å². The van der Waals surface area contributed by atoms with Crippen molar-refractivity contribution in [1.29, 1.82) is 0 Å². The maximum Gasteiger partial charge on any atom is 0.410 e. The number of likely N-dealkylation sites (tertiary alicyclic amines) is 1. The molecule has 3 rings (SSSR count). The molecule has 2 aliphatic rings. The fourth-order valence-corrected chi connectivity index (χ4v) is 3.67. The summed E-state index contributed by atoms with van der Waals surface area (Å²) in [7, 11) is 0. The van der Waals surface area contributed by atoms with Crippen molar-refractivity contribution in [2.24, 2.45) is 5.92 Å². The van der Waals surface area contributed by atoms with Gasteiger partial charge in [-0.05, 0) is 37.2 Å². The number of carbonyl (C=O) groups is 2. The van der Waals surface area contributed by atoms with E-state index in [0.717, 1.165) is 31.2 Å². The Labute approximate surface area is 129 Å². The highest BCUT2D eigenvalue weighted by molar-refractivity contribution is 5.71. The highest BCUT2D eigenvalue weighted by atomic mass is 16.6. The zero-order chi connectivity index (χ0) is 15.6. The van der Waals surface area contributed by atoms with Gasteiger partial charge in [0.25, 0.3) is 0 Å². The lowest BCUT2D eigenvalue weighted by molar-refractivity contribution is -0.138. The molecule has 5 nitrogen and oxygen atoms in total. The zero-order valence-electron chi connectivity index (χ0n) is 12.5. The molecule has 1 aromatic carbocycles. The molecular weight excluding hydrogens is 282 g/mol. The van der Waals surface area contributed by atoms with Crippen molar-refractivity contribution in [1.82, 2.24) is 4.90 Å². The summed E-state index contributed by atoms with van der Waals surface area (Å²) in [6.45, 7) is 0.760. The second kappa shape index (κ2) is 5.99. The van der Waals surface area contributed by atoms with Gasteiger partial charge < -0.3 is 14.7 Å². The summed E-state index contributed by atoms with van der Waals surface area (Å²) < 4.78 is 5.44. The first-order valence-corrected chi connectivity index (χ1v) is 7.79. The number of carboxylic acid groups (broad SMARTS) is 1. The van der Waals surface area contributed by atoms with Gasteiger partial charge in [-0.1, -0.05) is 30.3 Å². The predicted octanol–water partition coefficient (Wildman–Crippen LogP) is 3.04. The first-order chi connectivity index (χ1) is 10.6. The van der Waals surface area contributed by atoms with Gasteiger partial charge in [0.05, 0.1) is 0 Å². The second-order valence-electron chi connectivity index (χ2n) is 6.40. The van der Waals surface area contributed by atoms with Crippen LogP contribution in [0.15, 0.2) is 30.3 Å². The Bertz CT molecular complexity index is 553. The molecule has 0 radical (unpaired) electrons. The van der Waals surface area contributed by atoms with E-state index in [1.165, 1.54) is 0 Å². The van der Waals surface area contributed by atoms with Crippen LogP contribution in [0.1, 0.15) is 37.7 Å². The van der Waals surface area contributed by atoms with Crippen LogP contribution in [0.25, 0.3) is 0 Å². The van der Waals surface area contributed by atoms with Gasteiger partial charge in [0.2, 0.25) is 0 Å². The summed E-state index contributed by atoms with van der Waals surface area (Å²) >= 11 is 0. The molecule has 22 heavy (non-hydrogen) atoms. The van der Waals surface area contributed by atoms with Crippen molar-refractivity contribution in [3.05, 3.63) is 35.9 Å². The number of benzene rings is 1. The quantitative estimate of drug-likeness (QED) is 0.928. The molecule has 1 aliphatic heterocycles. The second-order valence-corrected chi connectivity index (χ2v) is 6.40. The van der Waals surface area contributed by atoms with E-state index >= 15 is 0 Å². The molecule has 1 atom stereocenters. The number of amides is 1. The van der Waals surface area contributed by atoms with Crippen molar-refractivity contribution in [2.75, 3.05) is 6.54 Å². The van der Waals surface area contributed by atoms with Crippen LogP contribution < -0.4 is 0 Å². The summed E-state index contributed by atoms with van der Waals surface area (Å²) in [5, 5.41) is 8.98. The Morgan fingerprint density at radius 1 is 1.27 bits per heavy atom. The lowest BCUT2D eigenvalue weighted by Gasteiger charge is -2.45. The molecule has 0 aromatic heterocycles. The third-order valence-corrected chi connectivity index (χ3v) is 4.86. The zero-order valence-corrected chi connectivity index (χ0v) is 12.5. The van der Waals surface area contributed by atoms with Crippen LogP contribution in [0, 0.1) is 5.92 Å². The highest BCUT2D eigenvalue weighted by Gasteiger charge is 2.52. The standard InChI is InChI=1S/C17H21NO4/c19-15(20)9-14-10-17(7-4-8-17)18(11-14)16(21)22-12-13-5-2-1-3-6-13/h1-3,5-6,14H,4,7-12H2,(H,19,20). The normalized spacial score (nSPS) is 22.4. The van der Waals surface area contributed by atoms with Gasteiger partial charge in [0.1, 0.15) is 6.61 Å². The molecule has 1 N–H and O–H groups in total. The maximum absolute atomic E-state index is 12.4. The van der Waals surface area contributed by atoms with Gasteiger partial charge in [-0.3, -0.25) is 4.79 Å². The van der Waals surface area contributed by atoms with E-state index in [4.69, 9.17) is 9.84 Å². The number of rotatable bonds is 4. The van der Waals surface area contributed by atoms with Crippen LogP contribution in [0.5, 0.6) is 0 Å². The van der Waals surface area contributed by atoms with E-state index in [1.54, 1.807) is 4.90 Å². The highest BCUT2D eigenvalue weighted by Crippen LogP contribution is 2.48.